The van der Waals surface area contributed by atoms with Crippen LogP contribution < -0.4 is 0 Å². The molecule has 0 saturated heterocycles. The molecule has 0 amide bonds. The molecule has 0 radical (unpaired) electrons. The van der Waals surface area contributed by atoms with E-state index in [-0.39, 0.29) is 0 Å². The van der Waals surface area contributed by atoms with Crippen molar-refractivity contribution in [1.29, 1.82) is 0 Å². The van der Waals surface area contributed by atoms with Gasteiger partial charge in [0.15, 0.2) is 0 Å². The third kappa shape index (κ3) is 0.924. The van der Waals surface area contributed by atoms with Crippen LogP contribution in [0.25, 0.3) is 0 Å². The van der Waals surface area contributed by atoms with E-state index in [4.69, 9.17) is 0 Å². The fourth-order valence-corrected chi connectivity index (χ4v) is 2.61. The van der Waals surface area contributed by atoms with Gasteiger partial charge in [0.2, 0.25) is 0 Å². The van der Waals surface area contributed by atoms with Crippen molar-refractivity contribution in [3.8, 4) is 0 Å². The number of fused-ring (bicyclic) bond motifs is 2. The number of ketones is 1. The first-order chi connectivity index (χ1) is 5.20. The summed E-state index contributed by atoms with van der Waals surface area (Å²) in [7, 11) is 4.16. The van der Waals surface area contributed by atoms with E-state index in [2.05, 4.69) is 19.0 Å². The molecule has 0 aliphatic heterocycles. The zero-order chi connectivity index (χ0) is 8.01. The highest BCUT2D eigenvalue weighted by molar-refractivity contribution is 5.88. The second-order valence-electron chi connectivity index (χ2n) is 4.05. The summed E-state index contributed by atoms with van der Waals surface area (Å²) < 4.78 is 0. The summed E-state index contributed by atoms with van der Waals surface area (Å²) in [4.78, 5) is 13.7. The molecule has 0 N–H and O–H groups in total. The Kier molecular flexibility index (Phi) is 1.53. The maximum atomic E-state index is 11.5. The fraction of sp³-hybridized carbons (Fsp3) is 0.889. The van der Waals surface area contributed by atoms with Crippen molar-refractivity contribution in [3.63, 3.8) is 0 Å². The second-order valence-corrected chi connectivity index (χ2v) is 4.05. The summed E-state index contributed by atoms with van der Waals surface area (Å²) in [5.41, 5.74) is 0. The van der Waals surface area contributed by atoms with Gasteiger partial charge in [-0.1, -0.05) is 0 Å². The molecule has 2 rings (SSSR count). The zero-order valence-electron chi connectivity index (χ0n) is 7.21. The number of carbonyl (C=O) groups is 1. The van der Waals surface area contributed by atoms with Crippen LogP contribution in [0, 0.1) is 11.8 Å². The summed E-state index contributed by atoms with van der Waals surface area (Å²) in [6.45, 7) is 0. The van der Waals surface area contributed by atoms with Crippen molar-refractivity contribution in [1.82, 2.24) is 4.90 Å². The van der Waals surface area contributed by atoms with Crippen LogP contribution in [-0.4, -0.2) is 30.8 Å². The topological polar surface area (TPSA) is 20.3 Å². The first-order valence-corrected chi connectivity index (χ1v) is 4.40. The highest BCUT2D eigenvalue weighted by atomic mass is 16.1. The van der Waals surface area contributed by atoms with Crippen LogP contribution >= 0.6 is 0 Å². The largest absolute Gasteiger partial charge is 0.306 e. The molecule has 3 unspecified atom stereocenters. The Labute approximate surface area is 67.6 Å². The van der Waals surface area contributed by atoms with Crippen molar-refractivity contribution >= 4 is 5.78 Å². The molecule has 0 aromatic rings. The van der Waals surface area contributed by atoms with Gasteiger partial charge in [0, 0.05) is 17.9 Å². The molecular formula is C9H15NO. The second kappa shape index (κ2) is 2.31. The molecule has 11 heavy (non-hydrogen) atoms. The lowest BCUT2D eigenvalue weighted by atomic mass is 9.95. The van der Waals surface area contributed by atoms with E-state index >= 15 is 0 Å². The van der Waals surface area contributed by atoms with Crippen LogP contribution in [0.5, 0.6) is 0 Å². The minimum Gasteiger partial charge on any atom is -0.306 e. The number of nitrogens with zero attached hydrogens (tertiary/aromatic N) is 1. The van der Waals surface area contributed by atoms with Crippen LogP contribution in [0.3, 0.4) is 0 Å². The third-order valence-corrected chi connectivity index (χ3v) is 3.25. The van der Waals surface area contributed by atoms with Crippen molar-refractivity contribution < 1.29 is 4.79 Å². The Morgan fingerprint density at radius 2 is 2.09 bits per heavy atom. The monoisotopic (exact) mass is 153 g/mol. The summed E-state index contributed by atoms with van der Waals surface area (Å²) in [6.07, 6.45) is 3.43. The van der Waals surface area contributed by atoms with E-state index in [0.29, 0.717) is 23.7 Å². The Balaban J connectivity index is 2.15. The molecule has 2 fully saturated rings. The minimum absolute atomic E-state index is 0.384. The molecule has 0 heterocycles. The predicted molar refractivity (Wildman–Crippen MR) is 43.3 cm³/mol. The lowest BCUT2D eigenvalue weighted by molar-refractivity contribution is -0.121. The predicted octanol–water partition coefficient (Wildman–Crippen LogP) is 0.916. The third-order valence-electron chi connectivity index (χ3n) is 3.25. The summed E-state index contributed by atoms with van der Waals surface area (Å²) >= 11 is 0. The fourth-order valence-electron chi connectivity index (χ4n) is 2.61. The Morgan fingerprint density at radius 1 is 1.36 bits per heavy atom. The van der Waals surface area contributed by atoms with Crippen molar-refractivity contribution in [2.24, 2.45) is 11.8 Å². The molecule has 0 aromatic carbocycles. The van der Waals surface area contributed by atoms with Crippen LogP contribution in [0.1, 0.15) is 19.3 Å². The van der Waals surface area contributed by atoms with Gasteiger partial charge in [0.1, 0.15) is 5.78 Å². The number of hydrogen-bond donors (Lipinski definition) is 0. The lowest BCUT2D eigenvalue weighted by Crippen LogP contribution is -2.33. The van der Waals surface area contributed by atoms with E-state index in [1.807, 2.05) is 0 Å². The number of hydrogen-bond acceptors (Lipinski definition) is 2. The SMILES string of the molecule is CN(C)C1CC2CCC1C2=O. The van der Waals surface area contributed by atoms with Crippen molar-refractivity contribution in [2.75, 3.05) is 14.1 Å². The van der Waals surface area contributed by atoms with Crippen LogP contribution in [0.15, 0.2) is 0 Å². The molecule has 0 aromatic heterocycles. The zero-order valence-corrected chi connectivity index (χ0v) is 7.21. The lowest BCUT2D eigenvalue weighted by Gasteiger charge is -2.26. The number of rotatable bonds is 1. The molecule has 62 valence electrons. The maximum absolute atomic E-state index is 11.5. The van der Waals surface area contributed by atoms with Gasteiger partial charge in [-0.3, -0.25) is 4.79 Å². The minimum atomic E-state index is 0.384. The highest BCUT2D eigenvalue weighted by Crippen LogP contribution is 2.43. The molecule has 2 bridgehead atoms. The van der Waals surface area contributed by atoms with E-state index in [9.17, 15) is 4.79 Å². The molecule has 2 nitrogen and oxygen atoms in total. The number of Topliss-reactive ketones (excluding diaryl/α,β-unsaturated/α-hetero) is 1. The highest BCUT2D eigenvalue weighted by Gasteiger charge is 2.47. The van der Waals surface area contributed by atoms with Crippen molar-refractivity contribution in [3.05, 3.63) is 0 Å². The molecule has 3 atom stereocenters. The Hall–Kier alpha value is -0.370. The normalized spacial score (nSPS) is 42.5. The van der Waals surface area contributed by atoms with Crippen molar-refractivity contribution in [2.45, 2.75) is 25.3 Å². The molecule has 2 saturated carbocycles. The van der Waals surface area contributed by atoms with E-state index in [1.165, 1.54) is 0 Å². The molecule has 2 aliphatic carbocycles. The van der Waals surface area contributed by atoms with Crippen LogP contribution in [-0.2, 0) is 4.79 Å². The first-order valence-electron chi connectivity index (χ1n) is 4.40. The average Bonchev–Trinajstić information content (AvgIpc) is 2.46. The van der Waals surface area contributed by atoms with Crippen LogP contribution in [0.2, 0.25) is 0 Å². The maximum Gasteiger partial charge on any atom is 0.140 e. The van der Waals surface area contributed by atoms with Gasteiger partial charge in [-0.2, -0.15) is 0 Å². The average molecular weight is 153 g/mol. The smallest absolute Gasteiger partial charge is 0.140 e. The summed E-state index contributed by atoms with van der Waals surface area (Å²) in [5, 5.41) is 0. The molecule has 2 aliphatic rings. The number of carbonyl (C=O) groups excluding carboxylic acids is 1. The summed E-state index contributed by atoms with van der Waals surface area (Å²) in [6, 6.07) is 0.557. The van der Waals surface area contributed by atoms with E-state index < -0.39 is 0 Å². The van der Waals surface area contributed by atoms with Gasteiger partial charge in [0.05, 0.1) is 0 Å². The van der Waals surface area contributed by atoms with Crippen LogP contribution in [0.4, 0.5) is 0 Å². The summed E-state index contributed by atoms with van der Waals surface area (Å²) in [5.74, 6) is 1.35. The van der Waals surface area contributed by atoms with Gasteiger partial charge in [-0.25, -0.2) is 0 Å². The Morgan fingerprint density at radius 3 is 2.36 bits per heavy atom. The van der Waals surface area contributed by atoms with E-state index in [1.54, 1.807) is 0 Å². The van der Waals surface area contributed by atoms with Gasteiger partial charge >= 0.3 is 0 Å². The van der Waals surface area contributed by atoms with Gasteiger partial charge < -0.3 is 4.90 Å². The van der Waals surface area contributed by atoms with Gasteiger partial charge in [0.25, 0.3) is 0 Å². The Bertz CT molecular complexity index is 188. The standard InChI is InChI=1S/C9H15NO/c1-10(2)8-5-6-3-4-7(8)9(6)11/h6-8H,3-5H2,1-2H3. The first kappa shape index (κ1) is 7.29. The molecule has 0 spiro atoms. The van der Waals surface area contributed by atoms with E-state index in [0.717, 1.165) is 19.3 Å². The molecular weight excluding hydrogens is 138 g/mol. The van der Waals surface area contributed by atoms with Gasteiger partial charge in [-0.05, 0) is 33.4 Å². The quantitative estimate of drug-likeness (QED) is 0.558. The molecule has 2 heteroatoms. The van der Waals surface area contributed by atoms with Gasteiger partial charge in [-0.15, -0.1) is 0 Å².